The van der Waals surface area contributed by atoms with E-state index >= 15 is 0 Å². The fourth-order valence-electron chi connectivity index (χ4n) is 3.15. The van der Waals surface area contributed by atoms with Crippen LogP contribution in [-0.4, -0.2) is 29.1 Å². The molecule has 4 rings (SSSR count). The minimum atomic E-state index is -1.08. The van der Waals surface area contributed by atoms with Crippen LogP contribution in [0.15, 0.2) is 36.4 Å². The highest BCUT2D eigenvalue weighted by atomic mass is 16.7. The molecule has 0 saturated heterocycles. The number of hydrogen-bond acceptors (Lipinski definition) is 4. The van der Waals surface area contributed by atoms with Crippen LogP contribution in [0.1, 0.15) is 27.0 Å². The molecule has 1 aliphatic heterocycles. The lowest BCUT2D eigenvalue weighted by molar-refractivity contribution is 0.0692. The van der Waals surface area contributed by atoms with Crippen molar-refractivity contribution < 1.29 is 24.5 Å². The molecule has 0 amide bonds. The van der Waals surface area contributed by atoms with Gasteiger partial charge in [0.25, 0.3) is 0 Å². The first-order valence-electron chi connectivity index (χ1n) is 7.29. The van der Waals surface area contributed by atoms with Gasteiger partial charge in [0.2, 0.25) is 6.79 Å². The molecule has 0 fully saturated rings. The lowest BCUT2D eigenvalue weighted by Crippen LogP contribution is -2.06. The predicted molar refractivity (Wildman–Crippen MR) is 83.5 cm³/mol. The van der Waals surface area contributed by atoms with Crippen LogP contribution in [0, 0.1) is 0 Å². The topological polar surface area (TPSA) is 76.0 Å². The van der Waals surface area contributed by atoms with Gasteiger partial charge in [-0.05, 0) is 34.4 Å². The van der Waals surface area contributed by atoms with Crippen molar-refractivity contribution in [1.29, 1.82) is 0 Å². The summed E-state index contributed by atoms with van der Waals surface area (Å²) >= 11 is 0. The van der Waals surface area contributed by atoms with E-state index in [4.69, 9.17) is 9.47 Å². The Kier molecular flexibility index (Phi) is 3.09. The summed E-state index contributed by atoms with van der Waals surface area (Å²) in [5.41, 5.74) is 3.29. The maximum absolute atomic E-state index is 11.7. The average molecular weight is 310 g/mol. The molecule has 5 nitrogen and oxygen atoms in total. The summed E-state index contributed by atoms with van der Waals surface area (Å²) in [5, 5.41) is 19.9. The van der Waals surface area contributed by atoms with Crippen LogP contribution >= 0.6 is 0 Å². The summed E-state index contributed by atoms with van der Waals surface area (Å²) in [6.45, 7) is 0.0150. The molecule has 1 aliphatic carbocycles. The van der Waals surface area contributed by atoms with Gasteiger partial charge in [0, 0.05) is 6.42 Å². The van der Waals surface area contributed by atoms with Crippen molar-refractivity contribution in [3.63, 3.8) is 0 Å². The largest absolute Gasteiger partial charge is 0.478 e. The van der Waals surface area contributed by atoms with E-state index in [1.807, 2.05) is 24.3 Å². The first-order chi connectivity index (χ1) is 11.1. The second-order valence-electron chi connectivity index (χ2n) is 5.55. The van der Waals surface area contributed by atoms with Gasteiger partial charge in [-0.1, -0.05) is 30.3 Å². The van der Waals surface area contributed by atoms with E-state index in [-0.39, 0.29) is 18.1 Å². The van der Waals surface area contributed by atoms with Crippen molar-refractivity contribution in [3.05, 3.63) is 58.7 Å². The zero-order valence-electron chi connectivity index (χ0n) is 12.2. The summed E-state index contributed by atoms with van der Waals surface area (Å²) in [6.07, 6.45) is 1.62. The fourth-order valence-corrected chi connectivity index (χ4v) is 3.15. The van der Waals surface area contributed by atoms with Gasteiger partial charge in [-0.2, -0.15) is 0 Å². The number of benzene rings is 2. The van der Waals surface area contributed by atoms with Crippen LogP contribution in [0.3, 0.4) is 0 Å². The highest BCUT2D eigenvalue weighted by Crippen LogP contribution is 2.40. The van der Waals surface area contributed by atoms with Crippen molar-refractivity contribution in [2.24, 2.45) is 0 Å². The average Bonchev–Trinajstić information content (AvgIpc) is 3.11. The standard InChI is InChI=1S/C18H14O5/c19-14-8-10-3-1-2-4-12(10)13(14)7-11-5-6-15-17(23-9-22-15)16(11)18(20)21/h1-7,14,19H,8-9H2,(H,20,21)/b13-7+. The number of carboxylic acids is 1. The number of aromatic carboxylic acids is 1. The second kappa shape index (κ2) is 5.14. The lowest BCUT2D eigenvalue weighted by atomic mass is 9.99. The fraction of sp³-hybridized carbons (Fsp3) is 0.167. The van der Waals surface area contributed by atoms with E-state index in [0.717, 1.165) is 16.7 Å². The summed E-state index contributed by atoms with van der Waals surface area (Å²) in [6, 6.07) is 11.1. The first-order valence-corrected chi connectivity index (χ1v) is 7.29. The molecule has 5 heteroatoms. The van der Waals surface area contributed by atoms with Crippen molar-refractivity contribution in [2.45, 2.75) is 12.5 Å². The second-order valence-corrected chi connectivity index (χ2v) is 5.55. The molecule has 2 aliphatic rings. The molecule has 0 aromatic heterocycles. The summed E-state index contributed by atoms with van der Waals surface area (Å²) in [5.74, 6) is -0.412. The maximum atomic E-state index is 11.7. The molecular formula is C18H14O5. The van der Waals surface area contributed by atoms with Crippen LogP contribution in [0.25, 0.3) is 11.6 Å². The van der Waals surface area contributed by atoms with Crippen molar-refractivity contribution in [1.82, 2.24) is 0 Å². The van der Waals surface area contributed by atoms with E-state index in [9.17, 15) is 15.0 Å². The molecule has 1 atom stereocenters. The molecule has 0 bridgehead atoms. The van der Waals surface area contributed by atoms with E-state index in [1.165, 1.54) is 0 Å². The van der Waals surface area contributed by atoms with Gasteiger partial charge in [-0.3, -0.25) is 0 Å². The first kappa shape index (κ1) is 13.8. The minimum absolute atomic E-state index is 0.0150. The van der Waals surface area contributed by atoms with Crippen molar-refractivity contribution >= 4 is 17.6 Å². The monoisotopic (exact) mass is 310 g/mol. The zero-order chi connectivity index (χ0) is 16.0. The minimum Gasteiger partial charge on any atom is -0.478 e. The van der Waals surface area contributed by atoms with Gasteiger partial charge in [-0.15, -0.1) is 0 Å². The Labute approximate surface area is 132 Å². The van der Waals surface area contributed by atoms with Crippen molar-refractivity contribution in [2.75, 3.05) is 6.79 Å². The number of rotatable bonds is 2. The summed E-state index contributed by atoms with van der Waals surface area (Å²) < 4.78 is 10.5. The van der Waals surface area contributed by atoms with E-state index in [2.05, 4.69) is 0 Å². The number of carbonyl (C=O) groups is 1. The SMILES string of the molecule is O=C(O)c1c(/C=C2\c3ccccc3CC2O)ccc2c1OCO2. The van der Waals surface area contributed by atoms with Gasteiger partial charge in [0.1, 0.15) is 5.56 Å². The highest BCUT2D eigenvalue weighted by molar-refractivity contribution is 6.00. The van der Waals surface area contributed by atoms with Crippen molar-refractivity contribution in [3.8, 4) is 11.5 Å². The normalized spacial score (nSPS) is 19.9. The molecule has 1 unspecified atom stereocenters. The lowest BCUT2D eigenvalue weighted by Gasteiger charge is -2.09. The molecule has 2 N–H and O–H groups in total. The molecule has 0 spiro atoms. The molecular weight excluding hydrogens is 296 g/mol. The summed E-state index contributed by atoms with van der Waals surface area (Å²) in [7, 11) is 0. The quantitative estimate of drug-likeness (QED) is 0.891. The maximum Gasteiger partial charge on any atom is 0.340 e. The number of ether oxygens (including phenoxy) is 2. The van der Waals surface area contributed by atoms with Crippen LogP contribution in [0.4, 0.5) is 0 Å². The smallest absolute Gasteiger partial charge is 0.340 e. The van der Waals surface area contributed by atoms with Gasteiger partial charge in [0.05, 0.1) is 6.10 Å². The highest BCUT2D eigenvalue weighted by Gasteiger charge is 2.28. The Morgan fingerprint density at radius 3 is 2.83 bits per heavy atom. The molecule has 2 aromatic rings. The molecule has 23 heavy (non-hydrogen) atoms. The van der Waals surface area contributed by atoms with Gasteiger partial charge >= 0.3 is 5.97 Å². The molecule has 116 valence electrons. The number of hydrogen-bond donors (Lipinski definition) is 2. The van der Waals surface area contributed by atoms with Crippen LogP contribution < -0.4 is 9.47 Å². The Balaban J connectivity index is 1.88. The Morgan fingerprint density at radius 1 is 1.17 bits per heavy atom. The summed E-state index contributed by atoms with van der Waals surface area (Å²) in [4.78, 5) is 11.7. The predicted octanol–water partition coefficient (Wildman–Crippen LogP) is 2.57. The van der Waals surface area contributed by atoms with Gasteiger partial charge in [-0.25, -0.2) is 4.79 Å². The van der Waals surface area contributed by atoms with E-state index in [0.29, 0.717) is 17.7 Å². The van der Waals surface area contributed by atoms with Gasteiger partial charge < -0.3 is 19.7 Å². The Bertz CT molecular complexity index is 837. The zero-order valence-corrected chi connectivity index (χ0v) is 12.2. The van der Waals surface area contributed by atoms with Crippen LogP contribution in [0.5, 0.6) is 11.5 Å². The van der Waals surface area contributed by atoms with Crippen LogP contribution in [0.2, 0.25) is 0 Å². The number of aliphatic hydroxyl groups is 1. The van der Waals surface area contributed by atoms with Gasteiger partial charge in [0.15, 0.2) is 11.5 Å². The molecule has 1 heterocycles. The third-order valence-corrected chi connectivity index (χ3v) is 4.20. The molecule has 2 aromatic carbocycles. The third kappa shape index (κ3) is 2.17. The number of carboxylic acid groups (broad SMARTS) is 1. The molecule has 0 radical (unpaired) electrons. The van der Waals surface area contributed by atoms with Crippen LogP contribution in [-0.2, 0) is 6.42 Å². The Morgan fingerprint density at radius 2 is 2.00 bits per heavy atom. The Hall–Kier alpha value is -2.79. The number of fused-ring (bicyclic) bond motifs is 2. The van der Waals surface area contributed by atoms with E-state index in [1.54, 1.807) is 18.2 Å². The third-order valence-electron chi connectivity index (χ3n) is 4.20. The number of aliphatic hydroxyl groups excluding tert-OH is 1. The molecule has 0 saturated carbocycles. The van der Waals surface area contributed by atoms with E-state index < -0.39 is 12.1 Å².